The van der Waals surface area contributed by atoms with Gasteiger partial charge in [-0.3, -0.25) is 5.43 Å². The predicted molar refractivity (Wildman–Crippen MR) is 97.8 cm³/mol. The van der Waals surface area contributed by atoms with Gasteiger partial charge in [-0.25, -0.2) is 13.4 Å². The van der Waals surface area contributed by atoms with Crippen molar-refractivity contribution < 1.29 is 18.6 Å². The highest BCUT2D eigenvalue weighted by molar-refractivity contribution is 7.89. The highest BCUT2D eigenvalue weighted by Crippen LogP contribution is 2.26. The molecule has 1 fully saturated rings. The summed E-state index contributed by atoms with van der Waals surface area (Å²) >= 11 is 0. The van der Waals surface area contributed by atoms with Gasteiger partial charge in [0.05, 0.1) is 6.21 Å². The van der Waals surface area contributed by atoms with Crippen molar-refractivity contribution in [2.24, 2.45) is 5.10 Å². The molecular formula is C17H20N4O4S. The number of hydrazone groups is 1. The van der Waals surface area contributed by atoms with Crippen molar-refractivity contribution in [2.75, 3.05) is 18.5 Å². The van der Waals surface area contributed by atoms with Gasteiger partial charge in [0.15, 0.2) is 11.5 Å². The molecule has 2 aromatic rings. The average Bonchev–Trinajstić information content (AvgIpc) is 2.66. The average molecular weight is 376 g/mol. The number of sulfonamides is 1. The number of rotatable bonds is 5. The van der Waals surface area contributed by atoms with Crippen LogP contribution in [-0.2, 0) is 10.0 Å². The van der Waals surface area contributed by atoms with Crippen molar-refractivity contribution in [3.8, 4) is 11.5 Å². The Morgan fingerprint density at radius 1 is 1.12 bits per heavy atom. The number of aromatic nitrogens is 1. The Morgan fingerprint density at radius 3 is 2.58 bits per heavy atom. The smallest absolute Gasteiger partial charge is 0.244 e. The van der Waals surface area contributed by atoms with Crippen LogP contribution < -0.4 is 5.43 Å². The number of hydrogen-bond acceptors (Lipinski definition) is 7. The Balaban J connectivity index is 1.68. The second-order valence-electron chi connectivity index (χ2n) is 5.93. The molecule has 8 nitrogen and oxygen atoms in total. The van der Waals surface area contributed by atoms with Gasteiger partial charge in [0.25, 0.3) is 0 Å². The van der Waals surface area contributed by atoms with Crippen LogP contribution in [0.15, 0.2) is 46.5 Å². The highest BCUT2D eigenvalue weighted by atomic mass is 32.2. The minimum Gasteiger partial charge on any atom is -0.504 e. The number of anilines is 1. The monoisotopic (exact) mass is 376 g/mol. The quantitative estimate of drug-likeness (QED) is 0.418. The Kier molecular flexibility index (Phi) is 5.38. The first kappa shape index (κ1) is 18.2. The third-order valence-corrected chi connectivity index (χ3v) is 6.00. The second kappa shape index (κ2) is 7.71. The molecule has 26 heavy (non-hydrogen) atoms. The highest BCUT2D eigenvalue weighted by Gasteiger charge is 2.26. The van der Waals surface area contributed by atoms with E-state index >= 15 is 0 Å². The number of nitrogens with zero attached hydrogens (tertiary/aromatic N) is 3. The van der Waals surface area contributed by atoms with Crippen LogP contribution in [0.2, 0.25) is 0 Å². The molecule has 0 aliphatic carbocycles. The number of aromatic hydroxyl groups is 2. The van der Waals surface area contributed by atoms with Crippen LogP contribution in [-0.4, -0.2) is 47.2 Å². The number of para-hydroxylation sites is 1. The molecule has 1 aliphatic rings. The molecule has 0 atom stereocenters. The lowest BCUT2D eigenvalue weighted by molar-refractivity contribution is 0.346. The van der Waals surface area contributed by atoms with Gasteiger partial charge in [-0.1, -0.05) is 12.5 Å². The van der Waals surface area contributed by atoms with Crippen molar-refractivity contribution in [3.05, 3.63) is 42.1 Å². The largest absolute Gasteiger partial charge is 0.504 e. The first-order chi connectivity index (χ1) is 12.5. The van der Waals surface area contributed by atoms with Crippen molar-refractivity contribution in [3.63, 3.8) is 0 Å². The Labute approximate surface area is 151 Å². The van der Waals surface area contributed by atoms with E-state index in [1.54, 1.807) is 12.1 Å². The van der Waals surface area contributed by atoms with Gasteiger partial charge in [-0.05, 0) is 37.1 Å². The van der Waals surface area contributed by atoms with Gasteiger partial charge in [0, 0.05) is 24.8 Å². The van der Waals surface area contributed by atoms with E-state index in [-0.39, 0.29) is 16.4 Å². The molecule has 0 saturated carbocycles. The minimum atomic E-state index is -3.51. The van der Waals surface area contributed by atoms with Crippen LogP contribution in [0.4, 0.5) is 5.82 Å². The normalized spacial score (nSPS) is 16.0. The predicted octanol–water partition coefficient (Wildman–Crippen LogP) is 2.11. The molecule has 0 radical (unpaired) electrons. The molecule has 2 heterocycles. The molecule has 1 saturated heterocycles. The number of benzene rings is 1. The molecule has 1 aromatic heterocycles. The fourth-order valence-electron chi connectivity index (χ4n) is 2.67. The summed E-state index contributed by atoms with van der Waals surface area (Å²) in [5.74, 6) is -0.146. The molecule has 0 unspecified atom stereocenters. The topological polar surface area (TPSA) is 115 Å². The van der Waals surface area contributed by atoms with Crippen LogP contribution in [0, 0.1) is 0 Å². The lowest BCUT2D eigenvalue weighted by atomic mass is 10.2. The number of phenols is 2. The molecule has 0 bridgehead atoms. The zero-order valence-corrected chi connectivity index (χ0v) is 14.9. The van der Waals surface area contributed by atoms with Gasteiger partial charge in [-0.15, -0.1) is 0 Å². The third-order valence-electron chi connectivity index (χ3n) is 4.12. The molecule has 138 valence electrons. The zero-order valence-electron chi connectivity index (χ0n) is 14.0. The Morgan fingerprint density at radius 2 is 1.88 bits per heavy atom. The maximum absolute atomic E-state index is 12.6. The standard InChI is InChI=1S/C17H20N4O4S/c22-15-6-4-5-13(17(15)23)11-19-20-16-8-7-14(12-18-16)26(24,25)21-9-2-1-3-10-21/h4-8,11-12,22-23H,1-3,9-10H2,(H,18,20)/b19-11+. The fraction of sp³-hybridized carbons (Fsp3) is 0.294. The van der Waals surface area contributed by atoms with Crippen LogP contribution >= 0.6 is 0 Å². The first-order valence-electron chi connectivity index (χ1n) is 8.25. The number of pyridine rings is 1. The summed E-state index contributed by atoms with van der Waals surface area (Å²) in [5.41, 5.74) is 2.99. The van der Waals surface area contributed by atoms with E-state index in [1.165, 1.54) is 34.9 Å². The van der Waals surface area contributed by atoms with Crippen LogP contribution in [0.1, 0.15) is 24.8 Å². The maximum Gasteiger partial charge on any atom is 0.244 e. The molecular weight excluding hydrogens is 356 g/mol. The lowest BCUT2D eigenvalue weighted by Crippen LogP contribution is -2.35. The van der Waals surface area contributed by atoms with Crippen molar-refractivity contribution in [1.29, 1.82) is 0 Å². The summed E-state index contributed by atoms with van der Waals surface area (Å²) in [6.07, 6.45) is 5.44. The van der Waals surface area contributed by atoms with Gasteiger partial charge < -0.3 is 10.2 Å². The summed E-state index contributed by atoms with van der Waals surface area (Å²) in [6, 6.07) is 7.54. The second-order valence-corrected chi connectivity index (χ2v) is 7.87. The number of nitrogens with one attached hydrogen (secondary N) is 1. The number of phenolic OH excluding ortho intramolecular Hbond substituents is 2. The summed E-state index contributed by atoms with van der Waals surface area (Å²) in [5, 5.41) is 23.0. The third kappa shape index (κ3) is 3.94. The molecule has 1 aromatic carbocycles. The Bertz CT molecular complexity index is 891. The summed E-state index contributed by atoms with van der Waals surface area (Å²) < 4.78 is 26.6. The van der Waals surface area contributed by atoms with Crippen LogP contribution in [0.25, 0.3) is 0 Å². The molecule has 3 rings (SSSR count). The van der Waals surface area contributed by atoms with E-state index in [0.29, 0.717) is 24.5 Å². The van der Waals surface area contributed by atoms with E-state index in [1.807, 2.05) is 0 Å². The summed E-state index contributed by atoms with van der Waals surface area (Å²) in [4.78, 5) is 4.22. The molecule has 9 heteroatoms. The summed E-state index contributed by atoms with van der Waals surface area (Å²) in [6.45, 7) is 1.08. The Hall–Kier alpha value is -2.65. The van der Waals surface area contributed by atoms with Gasteiger partial charge in [0.2, 0.25) is 10.0 Å². The van der Waals surface area contributed by atoms with Crippen LogP contribution in [0.5, 0.6) is 11.5 Å². The van der Waals surface area contributed by atoms with Crippen molar-refractivity contribution in [1.82, 2.24) is 9.29 Å². The summed E-state index contributed by atoms with van der Waals surface area (Å²) in [7, 11) is -3.51. The number of hydrogen-bond donors (Lipinski definition) is 3. The van der Waals surface area contributed by atoms with E-state index in [9.17, 15) is 18.6 Å². The van der Waals surface area contributed by atoms with E-state index in [0.717, 1.165) is 19.3 Å². The van der Waals surface area contributed by atoms with E-state index in [4.69, 9.17) is 0 Å². The zero-order chi connectivity index (χ0) is 18.6. The number of piperidine rings is 1. The van der Waals surface area contributed by atoms with E-state index < -0.39 is 10.0 Å². The van der Waals surface area contributed by atoms with Gasteiger partial charge in [-0.2, -0.15) is 9.41 Å². The van der Waals surface area contributed by atoms with Crippen molar-refractivity contribution >= 4 is 22.1 Å². The molecule has 1 aliphatic heterocycles. The molecule has 0 spiro atoms. The molecule has 0 amide bonds. The maximum atomic E-state index is 12.6. The first-order valence-corrected chi connectivity index (χ1v) is 9.69. The minimum absolute atomic E-state index is 0.152. The van der Waals surface area contributed by atoms with Crippen molar-refractivity contribution in [2.45, 2.75) is 24.2 Å². The van der Waals surface area contributed by atoms with Gasteiger partial charge >= 0.3 is 0 Å². The lowest BCUT2D eigenvalue weighted by Gasteiger charge is -2.25. The molecule has 3 N–H and O–H groups in total. The fourth-order valence-corrected chi connectivity index (χ4v) is 4.14. The van der Waals surface area contributed by atoms with E-state index in [2.05, 4.69) is 15.5 Å². The van der Waals surface area contributed by atoms with Crippen LogP contribution in [0.3, 0.4) is 0 Å². The SMILES string of the molecule is O=S(=O)(c1ccc(N/N=C/c2cccc(O)c2O)nc1)N1CCCCC1. The van der Waals surface area contributed by atoms with Gasteiger partial charge in [0.1, 0.15) is 10.7 Å².